The fourth-order valence-electron chi connectivity index (χ4n) is 4.21. The number of aromatic nitrogens is 1. The van der Waals surface area contributed by atoms with E-state index in [4.69, 9.17) is 9.47 Å². The third-order valence-electron chi connectivity index (χ3n) is 5.78. The molecule has 1 aliphatic heterocycles. The van der Waals surface area contributed by atoms with Crippen molar-refractivity contribution < 1.29 is 19.1 Å². The third-order valence-corrected chi connectivity index (χ3v) is 5.78. The Balaban J connectivity index is 1.60. The molecule has 8 heteroatoms. The van der Waals surface area contributed by atoms with E-state index in [0.29, 0.717) is 31.8 Å². The third kappa shape index (κ3) is 6.59. The number of hydrogen-bond donors (Lipinski definition) is 1. The zero-order chi connectivity index (χ0) is 24.9. The maximum atomic E-state index is 12.6. The average Bonchev–Trinajstić information content (AvgIpc) is 2.76. The lowest BCUT2D eigenvalue weighted by molar-refractivity contribution is 0.0145. The van der Waals surface area contributed by atoms with Crippen molar-refractivity contribution in [1.82, 2.24) is 14.8 Å². The van der Waals surface area contributed by atoms with Gasteiger partial charge in [-0.05, 0) is 66.1 Å². The van der Waals surface area contributed by atoms with E-state index in [9.17, 15) is 9.59 Å². The van der Waals surface area contributed by atoms with E-state index in [0.717, 1.165) is 53.8 Å². The normalized spacial score (nSPS) is 14.8. The molecule has 1 aliphatic rings. The lowest BCUT2D eigenvalue weighted by atomic mass is 10.0. The summed E-state index contributed by atoms with van der Waals surface area (Å²) in [5.41, 5.74) is 3.86. The second kappa shape index (κ2) is 11.0. The molecule has 3 rings (SSSR count). The minimum absolute atomic E-state index is 0.240. The summed E-state index contributed by atoms with van der Waals surface area (Å²) in [4.78, 5) is 33.5. The molecule has 1 saturated heterocycles. The van der Waals surface area contributed by atoms with Crippen LogP contribution in [0.1, 0.15) is 55.6 Å². The number of carbonyl (C=O) groups is 2. The lowest BCUT2D eigenvalue weighted by Gasteiger charge is -2.35. The summed E-state index contributed by atoms with van der Waals surface area (Å²) in [5.74, 6) is -0.364. The highest BCUT2D eigenvalue weighted by Crippen LogP contribution is 2.29. The number of nitrogens with zero attached hydrogens (tertiary/aromatic N) is 3. The molecule has 34 heavy (non-hydrogen) atoms. The molecule has 1 aromatic heterocycles. The number of ether oxygens (including phenoxy) is 2. The molecule has 2 heterocycles. The molecule has 0 saturated carbocycles. The van der Waals surface area contributed by atoms with E-state index in [1.165, 1.54) is 0 Å². The summed E-state index contributed by atoms with van der Waals surface area (Å²) < 4.78 is 10.7. The van der Waals surface area contributed by atoms with Gasteiger partial charge in [-0.1, -0.05) is 11.6 Å². The molecule has 1 N–H and O–H groups in total. The number of anilines is 1. The van der Waals surface area contributed by atoms with Crippen LogP contribution in [0.3, 0.4) is 0 Å². The number of fused-ring (bicyclic) bond motifs is 1. The van der Waals surface area contributed by atoms with Gasteiger partial charge >= 0.3 is 12.1 Å². The van der Waals surface area contributed by atoms with Gasteiger partial charge in [-0.25, -0.2) is 9.59 Å². The zero-order valence-corrected chi connectivity index (χ0v) is 21.4. The number of carbonyl (C=O) groups excluding carboxylic acids is 2. The van der Waals surface area contributed by atoms with Gasteiger partial charge in [0.15, 0.2) is 0 Å². The van der Waals surface area contributed by atoms with Gasteiger partial charge in [-0.15, -0.1) is 0 Å². The quantitative estimate of drug-likeness (QED) is 0.475. The predicted molar refractivity (Wildman–Crippen MR) is 135 cm³/mol. The van der Waals surface area contributed by atoms with Crippen LogP contribution in [-0.4, -0.2) is 78.3 Å². The second-order valence-corrected chi connectivity index (χ2v) is 9.83. The maximum Gasteiger partial charge on any atom is 0.410 e. The van der Waals surface area contributed by atoms with Crippen LogP contribution in [-0.2, 0) is 9.47 Å². The summed E-state index contributed by atoms with van der Waals surface area (Å²) in [5, 5.41) is 4.43. The number of piperazine rings is 1. The summed E-state index contributed by atoms with van der Waals surface area (Å²) in [6, 6.07) is 4.16. The highest BCUT2D eigenvalue weighted by atomic mass is 16.6. The van der Waals surface area contributed by atoms with E-state index >= 15 is 0 Å². The Morgan fingerprint density at radius 3 is 2.47 bits per heavy atom. The number of benzene rings is 1. The molecule has 0 radical (unpaired) electrons. The molecule has 186 valence electrons. The fraction of sp³-hybridized carbons (Fsp3) is 0.577. The number of aryl methyl sites for hydroxylation is 2. The van der Waals surface area contributed by atoms with Crippen molar-refractivity contribution in [3.05, 3.63) is 35.0 Å². The van der Waals surface area contributed by atoms with Crippen molar-refractivity contribution >= 4 is 28.7 Å². The standard InChI is InChI=1S/C26H38N4O4/c1-7-33-24(31)21-17-28-22-19(3)15-18(2)16-20(22)23(21)27-9-8-10-29-11-13-30(14-12-29)25(32)34-26(4,5)6/h15-17H,7-14H2,1-6H3,(H,27,28). The smallest absolute Gasteiger partial charge is 0.410 e. The van der Waals surface area contributed by atoms with Crippen LogP contribution in [0.25, 0.3) is 10.9 Å². The molecular weight excluding hydrogens is 432 g/mol. The van der Waals surface area contributed by atoms with Crippen LogP contribution >= 0.6 is 0 Å². The Bertz CT molecular complexity index is 1020. The predicted octanol–water partition coefficient (Wildman–Crippen LogP) is 4.38. The first kappa shape index (κ1) is 25.7. The average molecular weight is 471 g/mol. The number of nitrogens with one attached hydrogen (secondary N) is 1. The summed E-state index contributed by atoms with van der Waals surface area (Å²) >= 11 is 0. The van der Waals surface area contributed by atoms with Gasteiger partial charge in [0, 0.05) is 44.3 Å². The zero-order valence-electron chi connectivity index (χ0n) is 21.4. The van der Waals surface area contributed by atoms with E-state index in [1.807, 2.05) is 34.6 Å². The second-order valence-electron chi connectivity index (χ2n) is 9.83. The molecule has 8 nitrogen and oxygen atoms in total. The fourth-order valence-corrected chi connectivity index (χ4v) is 4.21. The van der Waals surface area contributed by atoms with Crippen molar-refractivity contribution in [1.29, 1.82) is 0 Å². The topological polar surface area (TPSA) is 84.0 Å². The largest absolute Gasteiger partial charge is 0.462 e. The summed E-state index contributed by atoms with van der Waals surface area (Å²) in [7, 11) is 0. The summed E-state index contributed by atoms with van der Waals surface area (Å²) in [6.45, 7) is 16.5. The first-order valence-corrected chi connectivity index (χ1v) is 12.1. The Hall–Kier alpha value is -2.87. The van der Waals surface area contributed by atoms with Crippen molar-refractivity contribution in [2.45, 2.75) is 53.6 Å². The first-order valence-electron chi connectivity index (χ1n) is 12.1. The van der Waals surface area contributed by atoms with E-state index in [1.54, 1.807) is 18.0 Å². The van der Waals surface area contributed by atoms with Gasteiger partial charge in [0.1, 0.15) is 11.2 Å². The molecule has 0 aliphatic carbocycles. The van der Waals surface area contributed by atoms with Gasteiger partial charge in [-0.3, -0.25) is 9.88 Å². The molecular formula is C26H38N4O4. The minimum Gasteiger partial charge on any atom is -0.462 e. The Kier molecular flexibility index (Phi) is 8.36. The molecule has 1 aromatic carbocycles. The van der Waals surface area contributed by atoms with Gasteiger partial charge in [0.25, 0.3) is 0 Å². The van der Waals surface area contributed by atoms with Crippen LogP contribution in [0.2, 0.25) is 0 Å². The molecule has 0 unspecified atom stereocenters. The minimum atomic E-state index is -0.476. The monoisotopic (exact) mass is 470 g/mol. The van der Waals surface area contributed by atoms with E-state index < -0.39 is 5.60 Å². The van der Waals surface area contributed by atoms with Gasteiger partial charge in [0.05, 0.1) is 17.8 Å². The van der Waals surface area contributed by atoms with E-state index in [-0.39, 0.29) is 12.1 Å². The van der Waals surface area contributed by atoms with Gasteiger partial charge < -0.3 is 19.7 Å². The first-order chi connectivity index (χ1) is 16.1. The Morgan fingerprint density at radius 2 is 1.82 bits per heavy atom. The Morgan fingerprint density at radius 1 is 1.12 bits per heavy atom. The number of amides is 1. The molecule has 0 bridgehead atoms. The van der Waals surface area contributed by atoms with E-state index in [2.05, 4.69) is 27.3 Å². The van der Waals surface area contributed by atoms with Crippen molar-refractivity contribution in [3.8, 4) is 0 Å². The number of rotatable bonds is 7. The van der Waals surface area contributed by atoms with Crippen LogP contribution in [0.15, 0.2) is 18.3 Å². The molecule has 2 aromatic rings. The van der Waals surface area contributed by atoms with Crippen molar-refractivity contribution in [3.63, 3.8) is 0 Å². The molecule has 1 fully saturated rings. The number of esters is 1. The number of hydrogen-bond acceptors (Lipinski definition) is 7. The highest BCUT2D eigenvalue weighted by molar-refractivity contribution is 6.05. The molecule has 0 atom stereocenters. The van der Waals surface area contributed by atoms with Crippen LogP contribution in [0.4, 0.5) is 10.5 Å². The SMILES string of the molecule is CCOC(=O)c1cnc2c(C)cc(C)cc2c1NCCCN1CCN(C(=O)OC(C)(C)C)CC1. The van der Waals surface area contributed by atoms with Crippen molar-refractivity contribution in [2.75, 3.05) is 51.2 Å². The highest BCUT2D eigenvalue weighted by Gasteiger charge is 2.25. The van der Waals surface area contributed by atoms with Gasteiger partial charge in [0.2, 0.25) is 0 Å². The van der Waals surface area contributed by atoms with Gasteiger partial charge in [-0.2, -0.15) is 0 Å². The lowest BCUT2D eigenvalue weighted by Crippen LogP contribution is -2.50. The Labute approximate surface area is 202 Å². The van der Waals surface area contributed by atoms with Crippen LogP contribution in [0.5, 0.6) is 0 Å². The van der Waals surface area contributed by atoms with Crippen LogP contribution < -0.4 is 5.32 Å². The molecule has 1 amide bonds. The summed E-state index contributed by atoms with van der Waals surface area (Å²) in [6.07, 6.45) is 2.28. The number of pyridine rings is 1. The van der Waals surface area contributed by atoms with Crippen LogP contribution in [0, 0.1) is 13.8 Å². The molecule has 0 spiro atoms. The maximum absolute atomic E-state index is 12.6. The van der Waals surface area contributed by atoms with Crippen molar-refractivity contribution in [2.24, 2.45) is 0 Å².